The normalized spacial score (nSPS) is 13.9. The molecule has 0 saturated carbocycles. The predicted octanol–water partition coefficient (Wildman–Crippen LogP) is 3.71. The molecule has 1 fully saturated rings. The van der Waals surface area contributed by atoms with Gasteiger partial charge in [-0.3, -0.25) is 0 Å². The van der Waals surface area contributed by atoms with Gasteiger partial charge >= 0.3 is 5.97 Å². The highest BCUT2D eigenvalue weighted by Crippen LogP contribution is 2.27. The molecule has 150 valence electrons. The van der Waals surface area contributed by atoms with Crippen LogP contribution in [0.2, 0.25) is 0 Å². The maximum atomic E-state index is 12.5. The van der Waals surface area contributed by atoms with E-state index in [9.17, 15) is 4.79 Å². The van der Waals surface area contributed by atoms with Crippen LogP contribution in [-0.4, -0.2) is 45.5 Å². The van der Waals surface area contributed by atoms with Crippen LogP contribution in [0.15, 0.2) is 42.5 Å². The first-order valence-electron chi connectivity index (χ1n) is 9.81. The van der Waals surface area contributed by atoms with E-state index >= 15 is 0 Å². The molecule has 0 aliphatic carbocycles. The minimum Gasteiger partial charge on any atom is -0.494 e. The Balaban J connectivity index is 1.80. The zero-order valence-corrected chi connectivity index (χ0v) is 16.6. The van der Waals surface area contributed by atoms with Crippen molar-refractivity contribution in [3.8, 4) is 5.75 Å². The van der Waals surface area contributed by atoms with Gasteiger partial charge < -0.3 is 24.4 Å². The summed E-state index contributed by atoms with van der Waals surface area (Å²) in [7, 11) is 0. The van der Waals surface area contributed by atoms with E-state index in [4.69, 9.17) is 14.2 Å². The molecule has 1 heterocycles. The van der Waals surface area contributed by atoms with Crippen LogP contribution in [-0.2, 0) is 16.0 Å². The molecule has 0 spiro atoms. The molecule has 0 atom stereocenters. The van der Waals surface area contributed by atoms with Gasteiger partial charge in [-0.2, -0.15) is 0 Å². The van der Waals surface area contributed by atoms with Gasteiger partial charge in [-0.15, -0.1) is 0 Å². The molecule has 1 N–H and O–H groups in total. The molecule has 6 heteroatoms. The lowest BCUT2D eigenvalue weighted by atomic mass is 10.1. The summed E-state index contributed by atoms with van der Waals surface area (Å²) in [5, 5.41) is 3.40. The topological polar surface area (TPSA) is 60.0 Å². The SMILES string of the molecule is CCOC(=O)c1cc(NCc2ccccc2OCC)ccc1N1CCOCC1. The van der Waals surface area contributed by atoms with Crippen molar-refractivity contribution >= 4 is 17.3 Å². The second-order valence-electron chi connectivity index (χ2n) is 6.45. The number of carbonyl (C=O) groups is 1. The Labute approximate surface area is 166 Å². The van der Waals surface area contributed by atoms with Crippen molar-refractivity contribution in [2.45, 2.75) is 20.4 Å². The van der Waals surface area contributed by atoms with Crippen molar-refractivity contribution in [1.29, 1.82) is 0 Å². The van der Waals surface area contributed by atoms with Crippen molar-refractivity contribution in [2.75, 3.05) is 49.7 Å². The standard InChI is InChI=1S/C22H28N2O4/c1-3-27-21-8-6-5-7-17(21)16-23-18-9-10-20(24-11-13-26-14-12-24)19(15-18)22(25)28-4-2/h5-10,15,23H,3-4,11-14,16H2,1-2H3. The summed E-state index contributed by atoms with van der Waals surface area (Å²) < 4.78 is 16.4. The van der Waals surface area contributed by atoms with Crippen LogP contribution in [0.4, 0.5) is 11.4 Å². The van der Waals surface area contributed by atoms with E-state index in [1.807, 2.05) is 56.3 Å². The highest BCUT2D eigenvalue weighted by Gasteiger charge is 2.20. The predicted molar refractivity (Wildman–Crippen MR) is 110 cm³/mol. The number of ether oxygens (including phenoxy) is 3. The van der Waals surface area contributed by atoms with Gasteiger partial charge in [0.25, 0.3) is 0 Å². The number of benzene rings is 2. The van der Waals surface area contributed by atoms with E-state index < -0.39 is 0 Å². The van der Waals surface area contributed by atoms with E-state index in [1.165, 1.54) is 0 Å². The fourth-order valence-corrected chi connectivity index (χ4v) is 3.24. The minimum atomic E-state index is -0.303. The summed E-state index contributed by atoms with van der Waals surface area (Å²) in [6, 6.07) is 13.8. The number of hydrogen-bond acceptors (Lipinski definition) is 6. The molecule has 0 amide bonds. The minimum absolute atomic E-state index is 0.303. The summed E-state index contributed by atoms with van der Waals surface area (Å²) in [6.07, 6.45) is 0. The van der Waals surface area contributed by atoms with E-state index in [0.29, 0.717) is 38.5 Å². The third-order valence-electron chi connectivity index (χ3n) is 4.60. The summed E-state index contributed by atoms with van der Waals surface area (Å²) in [4.78, 5) is 14.7. The van der Waals surface area contributed by atoms with E-state index in [0.717, 1.165) is 35.8 Å². The van der Waals surface area contributed by atoms with Crippen molar-refractivity contribution in [3.05, 3.63) is 53.6 Å². The molecular weight excluding hydrogens is 356 g/mol. The third kappa shape index (κ3) is 4.95. The monoisotopic (exact) mass is 384 g/mol. The van der Waals surface area contributed by atoms with Crippen LogP contribution in [0.25, 0.3) is 0 Å². The number of para-hydroxylation sites is 1. The van der Waals surface area contributed by atoms with Crippen molar-refractivity contribution in [2.24, 2.45) is 0 Å². The average Bonchev–Trinajstić information content (AvgIpc) is 2.74. The lowest BCUT2D eigenvalue weighted by Crippen LogP contribution is -2.37. The average molecular weight is 384 g/mol. The summed E-state index contributed by atoms with van der Waals surface area (Å²) in [5.41, 5.74) is 3.40. The lowest BCUT2D eigenvalue weighted by molar-refractivity contribution is 0.0526. The van der Waals surface area contributed by atoms with Crippen LogP contribution < -0.4 is 15.0 Å². The zero-order chi connectivity index (χ0) is 19.8. The van der Waals surface area contributed by atoms with Crippen LogP contribution in [0.5, 0.6) is 5.75 Å². The van der Waals surface area contributed by atoms with Crippen LogP contribution in [0.3, 0.4) is 0 Å². The number of morpholine rings is 1. The highest BCUT2D eigenvalue weighted by atomic mass is 16.5. The number of anilines is 2. The molecule has 1 saturated heterocycles. The zero-order valence-electron chi connectivity index (χ0n) is 16.6. The quantitative estimate of drug-likeness (QED) is 0.700. The maximum absolute atomic E-state index is 12.5. The second-order valence-corrected chi connectivity index (χ2v) is 6.45. The molecule has 1 aliphatic heterocycles. The van der Waals surface area contributed by atoms with Crippen LogP contribution in [0.1, 0.15) is 29.8 Å². The summed E-state index contributed by atoms with van der Waals surface area (Å²) in [5.74, 6) is 0.565. The number of nitrogens with zero attached hydrogens (tertiary/aromatic N) is 1. The smallest absolute Gasteiger partial charge is 0.340 e. The van der Waals surface area contributed by atoms with Gasteiger partial charge in [0.2, 0.25) is 0 Å². The molecule has 1 aliphatic rings. The van der Waals surface area contributed by atoms with Gasteiger partial charge in [0.05, 0.1) is 37.7 Å². The first kappa shape index (κ1) is 20.0. The Morgan fingerprint density at radius 2 is 1.89 bits per heavy atom. The fourth-order valence-electron chi connectivity index (χ4n) is 3.24. The third-order valence-corrected chi connectivity index (χ3v) is 4.60. The van der Waals surface area contributed by atoms with Gasteiger partial charge in [0.15, 0.2) is 0 Å². The van der Waals surface area contributed by atoms with E-state index in [2.05, 4.69) is 10.2 Å². The highest BCUT2D eigenvalue weighted by molar-refractivity contribution is 5.97. The fraction of sp³-hybridized carbons (Fsp3) is 0.409. The van der Waals surface area contributed by atoms with Crippen LogP contribution >= 0.6 is 0 Å². The molecular formula is C22H28N2O4. The second kappa shape index (κ2) is 9.99. The number of nitrogens with one attached hydrogen (secondary N) is 1. The maximum Gasteiger partial charge on any atom is 0.340 e. The summed E-state index contributed by atoms with van der Waals surface area (Å²) >= 11 is 0. The van der Waals surface area contributed by atoms with E-state index in [1.54, 1.807) is 0 Å². The molecule has 2 aromatic rings. The molecule has 6 nitrogen and oxygen atoms in total. The molecule has 3 rings (SSSR count). The molecule has 2 aromatic carbocycles. The Hall–Kier alpha value is -2.73. The van der Waals surface area contributed by atoms with Crippen molar-refractivity contribution < 1.29 is 19.0 Å². The molecule has 0 radical (unpaired) electrons. The molecule has 0 unspecified atom stereocenters. The Bertz CT molecular complexity index is 788. The van der Waals surface area contributed by atoms with Gasteiger partial charge in [-0.1, -0.05) is 18.2 Å². The summed E-state index contributed by atoms with van der Waals surface area (Å²) in [6.45, 7) is 8.22. The van der Waals surface area contributed by atoms with E-state index in [-0.39, 0.29) is 5.97 Å². The van der Waals surface area contributed by atoms with Crippen molar-refractivity contribution in [1.82, 2.24) is 0 Å². The number of esters is 1. The lowest BCUT2D eigenvalue weighted by Gasteiger charge is -2.30. The van der Waals surface area contributed by atoms with Crippen LogP contribution in [0, 0.1) is 0 Å². The Morgan fingerprint density at radius 3 is 2.64 bits per heavy atom. The number of carbonyl (C=O) groups excluding carboxylic acids is 1. The number of hydrogen-bond donors (Lipinski definition) is 1. The van der Waals surface area contributed by atoms with Crippen molar-refractivity contribution in [3.63, 3.8) is 0 Å². The largest absolute Gasteiger partial charge is 0.494 e. The molecule has 0 bridgehead atoms. The molecule has 28 heavy (non-hydrogen) atoms. The number of rotatable bonds is 8. The van der Waals surface area contributed by atoms with Gasteiger partial charge in [-0.25, -0.2) is 4.79 Å². The molecule has 0 aromatic heterocycles. The van der Waals surface area contributed by atoms with Gasteiger partial charge in [0.1, 0.15) is 5.75 Å². The van der Waals surface area contributed by atoms with Gasteiger partial charge in [0, 0.05) is 30.9 Å². The first-order chi connectivity index (χ1) is 13.7. The van der Waals surface area contributed by atoms with Gasteiger partial charge in [-0.05, 0) is 38.1 Å². The first-order valence-corrected chi connectivity index (χ1v) is 9.81. The Morgan fingerprint density at radius 1 is 1.11 bits per heavy atom. The Kier molecular flexibility index (Phi) is 7.14.